The molecule has 0 atom stereocenters. The van der Waals surface area contributed by atoms with Gasteiger partial charge in [-0.15, -0.1) is 0 Å². The Morgan fingerprint density at radius 3 is 2.44 bits per heavy atom. The van der Waals surface area contributed by atoms with Crippen LogP contribution in [0.15, 0.2) is 34.8 Å². The molecule has 25 heavy (non-hydrogen) atoms. The summed E-state index contributed by atoms with van der Waals surface area (Å²) in [6.45, 7) is 3.87. The normalized spacial score (nSPS) is 10.7. The number of nitrogens with zero attached hydrogens (tertiary/aromatic N) is 1. The Hall–Kier alpha value is -2.45. The van der Waals surface area contributed by atoms with Crippen LogP contribution in [0.1, 0.15) is 21.5 Å². The molecule has 3 aromatic rings. The number of thiazole rings is 1. The second-order valence-electron chi connectivity index (χ2n) is 5.50. The molecule has 0 aliphatic carbocycles. The molecule has 1 heterocycles. The molecule has 8 heteroatoms. The molecule has 0 aliphatic heterocycles. The maximum atomic E-state index is 12.6. The number of hydrogen-bond donors (Lipinski definition) is 3. The van der Waals surface area contributed by atoms with E-state index >= 15 is 0 Å². The molecule has 0 radical (unpaired) electrons. The van der Waals surface area contributed by atoms with Gasteiger partial charge in [-0.2, -0.15) is 0 Å². The Bertz CT molecular complexity index is 977. The van der Waals surface area contributed by atoms with Crippen molar-refractivity contribution in [3.63, 3.8) is 0 Å². The molecule has 2 amide bonds. The van der Waals surface area contributed by atoms with E-state index in [0.717, 1.165) is 26.0 Å². The SMILES string of the molecule is Cc1cc(Br)cc(C)c1NC(=O)c1ccc2nc(NC(=O)O)sc2c1. The standard InChI is InChI=1S/C17H14BrN3O3S/c1-8-5-11(18)6-9(2)14(8)20-15(22)10-3-4-12-13(7-10)25-16(19-12)21-17(23)24/h3-7H,1-2H3,(H,19,21)(H,20,22)(H,23,24). The Balaban J connectivity index is 1.88. The molecule has 0 aliphatic rings. The number of carbonyl (C=O) groups is 2. The molecular weight excluding hydrogens is 406 g/mol. The summed E-state index contributed by atoms with van der Waals surface area (Å²) < 4.78 is 1.70. The van der Waals surface area contributed by atoms with Gasteiger partial charge in [0.25, 0.3) is 5.91 Å². The predicted octanol–water partition coefficient (Wildman–Crippen LogP) is 5.02. The summed E-state index contributed by atoms with van der Waals surface area (Å²) in [6, 6.07) is 8.97. The van der Waals surface area contributed by atoms with Gasteiger partial charge in [-0.1, -0.05) is 27.3 Å². The van der Waals surface area contributed by atoms with Gasteiger partial charge in [-0.25, -0.2) is 9.78 Å². The van der Waals surface area contributed by atoms with E-state index in [-0.39, 0.29) is 11.0 Å². The third-order valence-corrected chi connectivity index (χ3v) is 4.99. The van der Waals surface area contributed by atoms with Crippen molar-refractivity contribution in [3.8, 4) is 0 Å². The summed E-state index contributed by atoms with van der Waals surface area (Å²) in [5, 5.41) is 14.2. The molecule has 0 saturated carbocycles. The molecule has 3 N–H and O–H groups in total. The lowest BCUT2D eigenvalue weighted by Crippen LogP contribution is -2.13. The van der Waals surface area contributed by atoms with Crippen LogP contribution in [0, 0.1) is 13.8 Å². The largest absolute Gasteiger partial charge is 0.465 e. The highest BCUT2D eigenvalue weighted by Gasteiger charge is 2.13. The van der Waals surface area contributed by atoms with E-state index in [1.54, 1.807) is 18.2 Å². The summed E-state index contributed by atoms with van der Waals surface area (Å²) in [5.74, 6) is -0.225. The topological polar surface area (TPSA) is 91.3 Å². The van der Waals surface area contributed by atoms with E-state index in [9.17, 15) is 9.59 Å². The van der Waals surface area contributed by atoms with Gasteiger partial charge in [0.05, 0.1) is 10.2 Å². The Morgan fingerprint density at radius 2 is 1.80 bits per heavy atom. The van der Waals surface area contributed by atoms with Crippen LogP contribution in [-0.2, 0) is 0 Å². The number of aromatic nitrogens is 1. The molecule has 0 fully saturated rings. The van der Waals surface area contributed by atoms with Crippen LogP contribution in [0.3, 0.4) is 0 Å². The van der Waals surface area contributed by atoms with Crippen molar-refractivity contribution in [1.82, 2.24) is 4.98 Å². The number of rotatable bonds is 3. The first-order valence-corrected chi connectivity index (χ1v) is 8.93. The number of aryl methyl sites for hydroxylation is 2. The molecule has 2 aromatic carbocycles. The maximum Gasteiger partial charge on any atom is 0.410 e. The first-order valence-electron chi connectivity index (χ1n) is 7.32. The summed E-state index contributed by atoms with van der Waals surface area (Å²) in [6.07, 6.45) is -1.17. The van der Waals surface area contributed by atoms with E-state index in [1.807, 2.05) is 26.0 Å². The van der Waals surface area contributed by atoms with Gasteiger partial charge >= 0.3 is 6.09 Å². The number of halogens is 1. The highest BCUT2D eigenvalue weighted by Crippen LogP contribution is 2.28. The van der Waals surface area contributed by atoms with Gasteiger partial charge in [-0.05, 0) is 55.3 Å². The number of anilines is 2. The lowest BCUT2D eigenvalue weighted by molar-refractivity contribution is 0.102. The van der Waals surface area contributed by atoms with E-state index < -0.39 is 6.09 Å². The third-order valence-electron chi connectivity index (χ3n) is 3.60. The smallest absolute Gasteiger partial charge is 0.410 e. The lowest BCUT2D eigenvalue weighted by Gasteiger charge is -2.12. The summed E-state index contributed by atoms with van der Waals surface area (Å²) in [5.41, 5.74) is 3.84. The molecule has 0 saturated heterocycles. The van der Waals surface area contributed by atoms with E-state index in [1.165, 1.54) is 11.3 Å². The number of carboxylic acid groups (broad SMARTS) is 1. The molecular formula is C17H14BrN3O3S. The minimum atomic E-state index is -1.17. The number of hydrogen-bond acceptors (Lipinski definition) is 4. The van der Waals surface area contributed by atoms with Gasteiger partial charge in [0.1, 0.15) is 0 Å². The van der Waals surface area contributed by atoms with Crippen LogP contribution in [0.2, 0.25) is 0 Å². The minimum Gasteiger partial charge on any atom is -0.465 e. The fraction of sp³-hybridized carbons (Fsp3) is 0.118. The first kappa shape index (κ1) is 17.4. The van der Waals surface area contributed by atoms with E-state index in [0.29, 0.717) is 11.1 Å². The monoisotopic (exact) mass is 419 g/mol. The quantitative estimate of drug-likeness (QED) is 0.555. The number of carbonyl (C=O) groups excluding carboxylic acids is 1. The highest BCUT2D eigenvalue weighted by molar-refractivity contribution is 9.10. The summed E-state index contributed by atoms with van der Waals surface area (Å²) in [7, 11) is 0. The highest BCUT2D eigenvalue weighted by atomic mass is 79.9. The Morgan fingerprint density at radius 1 is 1.12 bits per heavy atom. The first-order chi connectivity index (χ1) is 11.8. The molecule has 0 unspecified atom stereocenters. The minimum absolute atomic E-state index is 0.225. The van der Waals surface area contributed by atoms with Crippen molar-refractivity contribution < 1.29 is 14.7 Å². The van der Waals surface area contributed by atoms with Gasteiger partial charge in [-0.3, -0.25) is 10.1 Å². The number of nitrogens with one attached hydrogen (secondary N) is 2. The second-order valence-corrected chi connectivity index (χ2v) is 7.45. The predicted molar refractivity (Wildman–Crippen MR) is 103 cm³/mol. The van der Waals surface area contributed by atoms with Crippen molar-refractivity contribution in [3.05, 3.63) is 51.5 Å². The molecule has 0 bridgehead atoms. The van der Waals surface area contributed by atoms with Crippen LogP contribution < -0.4 is 10.6 Å². The van der Waals surface area contributed by atoms with Gasteiger partial charge in [0, 0.05) is 15.7 Å². The van der Waals surface area contributed by atoms with Crippen molar-refractivity contribution >= 4 is 60.3 Å². The summed E-state index contributed by atoms with van der Waals surface area (Å²) >= 11 is 4.62. The third kappa shape index (κ3) is 3.80. The van der Waals surface area contributed by atoms with Crippen molar-refractivity contribution in [2.45, 2.75) is 13.8 Å². The second kappa shape index (κ2) is 6.81. The fourth-order valence-electron chi connectivity index (χ4n) is 2.50. The van der Waals surface area contributed by atoms with Crippen LogP contribution in [-0.4, -0.2) is 22.1 Å². The van der Waals surface area contributed by atoms with Gasteiger partial charge < -0.3 is 10.4 Å². The fourth-order valence-corrected chi connectivity index (χ4v) is 4.09. The van der Waals surface area contributed by atoms with Crippen LogP contribution >= 0.6 is 27.3 Å². The average Bonchev–Trinajstić information content (AvgIpc) is 2.90. The summed E-state index contributed by atoms with van der Waals surface area (Å²) in [4.78, 5) is 27.4. The number of fused-ring (bicyclic) bond motifs is 1. The Kier molecular flexibility index (Phi) is 4.73. The Labute approximate surface area is 156 Å². The van der Waals surface area contributed by atoms with Gasteiger partial charge in [0.15, 0.2) is 5.13 Å². The van der Waals surface area contributed by atoms with Crippen LogP contribution in [0.4, 0.5) is 15.6 Å². The van der Waals surface area contributed by atoms with Crippen molar-refractivity contribution in [2.24, 2.45) is 0 Å². The zero-order chi connectivity index (χ0) is 18.1. The average molecular weight is 420 g/mol. The molecule has 3 rings (SSSR count). The number of amides is 2. The lowest BCUT2D eigenvalue weighted by atomic mass is 10.1. The maximum absolute atomic E-state index is 12.6. The van der Waals surface area contributed by atoms with Crippen molar-refractivity contribution in [2.75, 3.05) is 10.6 Å². The zero-order valence-corrected chi connectivity index (χ0v) is 15.8. The molecule has 1 aromatic heterocycles. The molecule has 128 valence electrons. The van der Waals surface area contributed by atoms with Crippen molar-refractivity contribution in [1.29, 1.82) is 0 Å². The van der Waals surface area contributed by atoms with Gasteiger partial charge in [0.2, 0.25) is 0 Å². The van der Waals surface area contributed by atoms with E-state index in [4.69, 9.17) is 5.11 Å². The van der Waals surface area contributed by atoms with Crippen LogP contribution in [0.5, 0.6) is 0 Å². The molecule has 0 spiro atoms. The zero-order valence-electron chi connectivity index (χ0n) is 13.4. The number of benzene rings is 2. The molecule has 6 nitrogen and oxygen atoms in total. The van der Waals surface area contributed by atoms with E-state index in [2.05, 4.69) is 31.5 Å². The van der Waals surface area contributed by atoms with Crippen LogP contribution in [0.25, 0.3) is 10.2 Å².